The van der Waals surface area contributed by atoms with E-state index in [9.17, 15) is 9.18 Å². The Kier molecular flexibility index (Phi) is 5.34. The highest BCUT2D eigenvalue weighted by atomic mass is 19.1. The molecule has 21 heavy (non-hydrogen) atoms. The first kappa shape index (κ1) is 16.0. The molecular formula is C17H24FNO2. The number of carbonyl (C=O) groups is 1. The molecule has 0 aliphatic heterocycles. The van der Waals surface area contributed by atoms with Crippen LogP contribution in [0.5, 0.6) is 0 Å². The second-order valence-electron chi connectivity index (χ2n) is 5.89. The molecule has 0 aromatic heterocycles. The maximum absolute atomic E-state index is 13.1. The molecule has 1 fully saturated rings. The smallest absolute Gasteiger partial charge is 0.230 e. The minimum absolute atomic E-state index is 0.000392. The lowest BCUT2D eigenvalue weighted by Crippen LogP contribution is -2.47. The Morgan fingerprint density at radius 1 is 1.33 bits per heavy atom. The van der Waals surface area contributed by atoms with Crippen molar-refractivity contribution >= 4 is 5.91 Å². The van der Waals surface area contributed by atoms with E-state index in [0.717, 1.165) is 37.7 Å². The van der Waals surface area contributed by atoms with Gasteiger partial charge in [0.25, 0.3) is 0 Å². The highest BCUT2D eigenvalue weighted by Crippen LogP contribution is 2.41. The van der Waals surface area contributed by atoms with Crippen LogP contribution in [-0.2, 0) is 10.2 Å². The van der Waals surface area contributed by atoms with Gasteiger partial charge in [0.1, 0.15) is 5.82 Å². The summed E-state index contributed by atoms with van der Waals surface area (Å²) in [5.74, 6) is -0.258. The van der Waals surface area contributed by atoms with Crippen LogP contribution in [0.1, 0.15) is 51.0 Å². The van der Waals surface area contributed by atoms with Gasteiger partial charge in [0.2, 0.25) is 5.91 Å². The quantitative estimate of drug-likeness (QED) is 0.847. The molecule has 1 unspecified atom stereocenters. The van der Waals surface area contributed by atoms with Crippen molar-refractivity contribution in [2.24, 2.45) is 0 Å². The lowest BCUT2D eigenvalue weighted by atomic mass is 9.77. The van der Waals surface area contributed by atoms with Gasteiger partial charge in [0, 0.05) is 12.6 Å². The summed E-state index contributed by atoms with van der Waals surface area (Å²) in [5, 5.41) is 12.1. The van der Waals surface area contributed by atoms with Crippen LogP contribution in [0.2, 0.25) is 0 Å². The van der Waals surface area contributed by atoms with Gasteiger partial charge in [-0.1, -0.05) is 31.9 Å². The van der Waals surface area contributed by atoms with E-state index in [1.54, 1.807) is 12.1 Å². The van der Waals surface area contributed by atoms with Crippen molar-refractivity contribution in [3.8, 4) is 0 Å². The Bertz CT molecular complexity index is 466. The van der Waals surface area contributed by atoms with E-state index < -0.39 is 5.41 Å². The van der Waals surface area contributed by atoms with E-state index in [4.69, 9.17) is 5.11 Å². The van der Waals surface area contributed by atoms with Crippen molar-refractivity contribution in [2.75, 3.05) is 6.61 Å². The fourth-order valence-corrected chi connectivity index (χ4v) is 3.25. The molecule has 1 amide bonds. The van der Waals surface area contributed by atoms with E-state index in [1.807, 2.05) is 6.92 Å². The molecule has 1 aromatic rings. The molecular weight excluding hydrogens is 269 g/mol. The molecule has 0 bridgehead atoms. The number of hydrogen-bond donors (Lipinski definition) is 2. The Morgan fingerprint density at radius 2 is 1.95 bits per heavy atom. The normalized spacial score (nSPS) is 18.4. The maximum Gasteiger partial charge on any atom is 0.230 e. The highest BCUT2D eigenvalue weighted by molar-refractivity contribution is 5.88. The first-order valence-electron chi connectivity index (χ1n) is 7.80. The first-order chi connectivity index (χ1) is 10.1. The zero-order chi connectivity index (χ0) is 15.3. The standard InChI is InChI=1S/C17H24FNO2/c1-2-15(9-12-20)19-16(21)17(10-3-4-11-17)13-5-7-14(18)8-6-13/h5-8,15,20H,2-4,9-12H2,1H3,(H,19,21). The topological polar surface area (TPSA) is 49.3 Å². The molecule has 0 spiro atoms. The van der Waals surface area contributed by atoms with Crippen molar-refractivity contribution in [1.82, 2.24) is 5.32 Å². The number of hydrogen-bond acceptors (Lipinski definition) is 2. The molecule has 4 heteroatoms. The number of rotatable bonds is 6. The summed E-state index contributed by atoms with van der Waals surface area (Å²) in [6, 6.07) is 6.31. The number of halogens is 1. The van der Waals surface area contributed by atoms with Crippen LogP contribution in [0.3, 0.4) is 0 Å². The first-order valence-corrected chi connectivity index (χ1v) is 7.80. The number of aliphatic hydroxyl groups excluding tert-OH is 1. The Hall–Kier alpha value is -1.42. The van der Waals surface area contributed by atoms with Gasteiger partial charge in [-0.2, -0.15) is 0 Å². The summed E-state index contributed by atoms with van der Waals surface area (Å²) in [5.41, 5.74) is 0.370. The minimum atomic E-state index is -0.531. The SMILES string of the molecule is CCC(CCO)NC(=O)C1(c2ccc(F)cc2)CCCC1. The number of nitrogens with one attached hydrogen (secondary N) is 1. The van der Waals surface area contributed by atoms with Crippen molar-refractivity contribution < 1.29 is 14.3 Å². The lowest BCUT2D eigenvalue weighted by molar-refractivity contribution is -0.127. The summed E-state index contributed by atoms with van der Waals surface area (Å²) in [6.07, 6.45) is 5.01. The van der Waals surface area contributed by atoms with Gasteiger partial charge < -0.3 is 10.4 Å². The van der Waals surface area contributed by atoms with Crippen LogP contribution in [0.4, 0.5) is 4.39 Å². The van der Waals surface area contributed by atoms with Gasteiger partial charge in [-0.3, -0.25) is 4.79 Å². The van der Waals surface area contributed by atoms with Crippen LogP contribution >= 0.6 is 0 Å². The van der Waals surface area contributed by atoms with Gasteiger partial charge in [0.15, 0.2) is 0 Å². The van der Waals surface area contributed by atoms with Crippen molar-refractivity contribution in [3.63, 3.8) is 0 Å². The third kappa shape index (κ3) is 3.43. The fraction of sp³-hybridized carbons (Fsp3) is 0.588. The summed E-state index contributed by atoms with van der Waals surface area (Å²) < 4.78 is 13.1. The molecule has 2 N–H and O–H groups in total. The largest absolute Gasteiger partial charge is 0.396 e. The summed E-state index contributed by atoms with van der Waals surface area (Å²) in [7, 11) is 0. The van der Waals surface area contributed by atoms with Crippen LogP contribution < -0.4 is 5.32 Å². The van der Waals surface area contributed by atoms with E-state index in [1.165, 1.54) is 12.1 Å². The molecule has 1 atom stereocenters. The van der Waals surface area contributed by atoms with Gasteiger partial charge in [-0.15, -0.1) is 0 Å². The minimum Gasteiger partial charge on any atom is -0.396 e. The molecule has 1 aromatic carbocycles. The number of benzene rings is 1. The van der Waals surface area contributed by atoms with Gasteiger partial charge in [0.05, 0.1) is 5.41 Å². The molecule has 116 valence electrons. The summed E-state index contributed by atoms with van der Waals surface area (Å²) in [4.78, 5) is 12.8. The van der Waals surface area contributed by atoms with Crippen LogP contribution in [0, 0.1) is 5.82 Å². The van der Waals surface area contributed by atoms with E-state index in [0.29, 0.717) is 6.42 Å². The monoisotopic (exact) mass is 293 g/mol. The average Bonchev–Trinajstić information content (AvgIpc) is 2.98. The van der Waals surface area contributed by atoms with E-state index in [2.05, 4.69) is 5.32 Å². The average molecular weight is 293 g/mol. The van der Waals surface area contributed by atoms with Crippen LogP contribution in [0.15, 0.2) is 24.3 Å². The molecule has 0 radical (unpaired) electrons. The predicted octanol–water partition coefficient (Wildman–Crippen LogP) is 2.91. The zero-order valence-corrected chi connectivity index (χ0v) is 12.6. The van der Waals surface area contributed by atoms with Crippen LogP contribution in [0.25, 0.3) is 0 Å². The van der Waals surface area contributed by atoms with Gasteiger partial charge in [-0.25, -0.2) is 4.39 Å². The van der Waals surface area contributed by atoms with E-state index >= 15 is 0 Å². The summed E-state index contributed by atoms with van der Waals surface area (Å²) in [6.45, 7) is 2.07. The van der Waals surface area contributed by atoms with Crippen LogP contribution in [-0.4, -0.2) is 23.7 Å². The Balaban J connectivity index is 2.21. The number of carbonyl (C=O) groups excluding carboxylic acids is 1. The van der Waals surface area contributed by atoms with Crippen molar-refractivity contribution in [3.05, 3.63) is 35.6 Å². The lowest BCUT2D eigenvalue weighted by Gasteiger charge is -2.30. The Labute approximate surface area is 125 Å². The molecule has 0 heterocycles. The third-order valence-corrected chi connectivity index (χ3v) is 4.59. The Morgan fingerprint density at radius 3 is 2.48 bits per heavy atom. The van der Waals surface area contributed by atoms with E-state index in [-0.39, 0.29) is 24.4 Å². The molecule has 2 rings (SSSR count). The number of amides is 1. The fourth-order valence-electron chi connectivity index (χ4n) is 3.25. The third-order valence-electron chi connectivity index (χ3n) is 4.59. The molecule has 1 aliphatic rings. The predicted molar refractivity (Wildman–Crippen MR) is 80.5 cm³/mol. The van der Waals surface area contributed by atoms with Gasteiger partial charge in [-0.05, 0) is 43.4 Å². The van der Waals surface area contributed by atoms with Crippen molar-refractivity contribution in [1.29, 1.82) is 0 Å². The maximum atomic E-state index is 13.1. The second kappa shape index (κ2) is 7.03. The summed E-state index contributed by atoms with van der Waals surface area (Å²) >= 11 is 0. The molecule has 1 aliphatic carbocycles. The van der Waals surface area contributed by atoms with Gasteiger partial charge >= 0.3 is 0 Å². The molecule has 1 saturated carbocycles. The zero-order valence-electron chi connectivity index (χ0n) is 12.6. The molecule has 0 saturated heterocycles. The number of aliphatic hydroxyl groups is 1. The molecule has 3 nitrogen and oxygen atoms in total. The highest BCUT2D eigenvalue weighted by Gasteiger charge is 2.43. The second-order valence-corrected chi connectivity index (χ2v) is 5.89. The van der Waals surface area contributed by atoms with Crippen molar-refractivity contribution in [2.45, 2.75) is 56.9 Å².